The smallest absolute Gasteiger partial charge is 0.119 e. The maximum Gasteiger partial charge on any atom is 0.119 e. The van der Waals surface area contributed by atoms with Crippen molar-refractivity contribution in [1.82, 2.24) is 5.32 Å². The van der Waals surface area contributed by atoms with E-state index in [1.807, 2.05) is 18.2 Å². The van der Waals surface area contributed by atoms with Crippen molar-refractivity contribution in [3.05, 3.63) is 101 Å². The number of ether oxygens (including phenoxy) is 1. The Bertz CT molecular complexity index is 786. The molecule has 0 amide bonds. The summed E-state index contributed by atoms with van der Waals surface area (Å²) < 4.78 is 5.85. The predicted molar refractivity (Wildman–Crippen MR) is 102 cm³/mol. The highest BCUT2D eigenvalue weighted by Gasteiger charge is 2.19. The molecule has 0 unspecified atom stereocenters. The van der Waals surface area contributed by atoms with Crippen molar-refractivity contribution in [2.24, 2.45) is 0 Å². The van der Waals surface area contributed by atoms with Crippen LogP contribution in [0.3, 0.4) is 0 Å². The van der Waals surface area contributed by atoms with Crippen molar-refractivity contribution in [2.75, 3.05) is 0 Å². The van der Waals surface area contributed by atoms with Gasteiger partial charge in [0.2, 0.25) is 0 Å². The fourth-order valence-corrected chi connectivity index (χ4v) is 3.41. The van der Waals surface area contributed by atoms with Gasteiger partial charge in [-0.1, -0.05) is 66.7 Å². The summed E-state index contributed by atoms with van der Waals surface area (Å²) in [4.78, 5) is 0. The molecule has 1 aliphatic carbocycles. The van der Waals surface area contributed by atoms with Gasteiger partial charge in [-0.3, -0.25) is 0 Å². The van der Waals surface area contributed by atoms with Gasteiger partial charge in [0.05, 0.1) is 0 Å². The summed E-state index contributed by atoms with van der Waals surface area (Å²) in [5, 5.41) is 3.68. The first-order chi connectivity index (χ1) is 12.4. The van der Waals surface area contributed by atoms with Gasteiger partial charge in [-0.2, -0.15) is 0 Å². The van der Waals surface area contributed by atoms with E-state index in [-0.39, 0.29) is 0 Å². The zero-order valence-electron chi connectivity index (χ0n) is 14.3. The molecule has 0 radical (unpaired) electrons. The van der Waals surface area contributed by atoms with Gasteiger partial charge in [0.1, 0.15) is 12.4 Å². The maximum atomic E-state index is 5.85. The van der Waals surface area contributed by atoms with Crippen LogP contribution in [-0.2, 0) is 26.0 Å². The number of hydrogen-bond acceptors (Lipinski definition) is 2. The topological polar surface area (TPSA) is 21.3 Å². The highest BCUT2D eigenvalue weighted by molar-refractivity contribution is 5.33. The first-order valence-corrected chi connectivity index (χ1v) is 8.93. The van der Waals surface area contributed by atoms with Gasteiger partial charge in [-0.25, -0.2) is 0 Å². The Morgan fingerprint density at radius 1 is 0.720 bits per heavy atom. The van der Waals surface area contributed by atoms with Gasteiger partial charge in [-0.15, -0.1) is 0 Å². The molecule has 2 nitrogen and oxygen atoms in total. The molecule has 0 atom stereocenters. The Kier molecular flexibility index (Phi) is 4.80. The number of fused-ring (bicyclic) bond motifs is 1. The van der Waals surface area contributed by atoms with E-state index < -0.39 is 0 Å². The zero-order valence-corrected chi connectivity index (χ0v) is 14.3. The van der Waals surface area contributed by atoms with E-state index in [0.717, 1.165) is 25.1 Å². The summed E-state index contributed by atoms with van der Waals surface area (Å²) in [5.41, 5.74) is 5.46. The predicted octanol–water partition coefficient (Wildman–Crippen LogP) is 4.52. The van der Waals surface area contributed by atoms with Crippen LogP contribution in [0.15, 0.2) is 78.9 Å². The summed E-state index contributed by atoms with van der Waals surface area (Å²) in [6.45, 7) is 1.51. The standard InChI is InChI=1S/C23H23NO/c1-2-6-19(7-3-1)17-25-23-12-10-18(11-13-23)16-24-22-14-20-8-4-5-9-21(20)15-22/h1-13,22,24H,14-17H2. The third-order valence-corrected chi connectivity index (χ3v) is 4.82. The summed E-state index contributed by atoms with van der Waals surface area (Å²) in [5.74, 6) is 0.917. The monoisotopic (exact) mass is 329 g/mol. The van der Waals surface area contributed by atoms with Gasteiger partial charge in [0, 0.05) is 12.6 Å². The minimum absolute atomic E-state index is 0.548. The van der Waals surface area contributed by atoms with E-state index in [1.165, 1.54) is 22.3 Å². The van der Waals surface area contributed by atoms with Crippen LogP contribution in [0, 0.1) is 0 Å². The molecule has 0 heterocycles. The molecule has 3 aromatic carbocycles. The molecular weight excluding hydrogens is 306 g/mol. The van der Waals surface area contributed by atoms with Crippen molar-refractivity contribution in [2.45, 2.75) is 32.0 Å². The molecule has 3 aromatic rings. The second-order valence-corrected chi connectivity index (χ2v) is 6.67. The molecule has 1 aliphatic rings. The van der Waals surface area contributed by atoms with Crippen LogP contribution in [0.5, 0.6) is 5.75 Å². The Morgan fingerprint density at radius 2 is 1.36 bits per heavy atom. The zero-order chi connectivity index (χ0) is 16.9. The van der Waals surface area contributed by atoms with Crippen LogP contribution in [0.1, 0.15) is 22.3 Å². The molecule has 0 spiro atoms. The molecule has 126 valence electrons. The molecule has 2 heteroatoms. The normalized spacial score (nSPS) is 13.6. The van der Waals surface area contributed by atoms with E-state index in [1.54, 1.807) is 0 Å². The van der Waals surface area contributed by atoms with Gasteiger partial charge < -0.3 is 10.1 Å². The Hall–Kier alpha value is -2.58. The molecule has 0 saturated carbocycles. The third kappa shape index (κ3) is 4.09. The lowest BCUT2D eigenvalue weighted by Gasteiger charge is -2.12. The fraction of sp³-hybridized carbons (Fsp3) is 0.217. The van der Waals surface area contributed by atoms with Crippen molar-refractivity contribution in [1.29, 1.82) is 0 Å². The minimum atomic E-state index is 0.548. The van der Waals surface area contributed by atoms with Crippen molar-refractivity contribution in [3.8, 4) is 5.75 Å². The van der Waals surface area contributed by atoms with Gasteiger partial charge >= 0.3 is 0 Å². The van der Waals surface area contributed by atoms with Crippen LogP contribution in [-0.4, -0.2) is 6.04 Å². The average molecular weight is 329 g/mol. The van der Waals surface area contributed by atoms with Gasteiger partial charge in [-0.05, 0) is 47.2 Å². The number of hydrogen-bond donors (Lipinski definition) is 1. The molecule has 0 saturated heterocycles. The second-order valence-electron chi connectivity index (χ2n) is 6.67. The van der Waals surface area contributed by atoms with Crippen LogP contribution in [0.2, 0.25) is 0 Å². The van der Waals surface area contributed by atoms with E-state index in [2.05, 4.69) is 66.0 Å². The van der Waals surface area contributed by atoms with Gasteiger partial charge in [0.25, 0.3) is 0 Å². The molecule has 4 rings (SSSR count). The molecule has 0 aromatic heterocycles. The first-order valence-electron chi connectivity index (χ1n) is 8.93. The largest absolute Gasteiger partial charge is 0.489 e. The van der Waals surface area contributed by atoms with E-state index >= 15 is 0 Å². The molecule has 0 fully saturated rings. The lowest BCUT2D eigenvalue weighted by molar-refractivity contribution is 0.306. The third-order valence-electron chi connectivity index (χ3n) is 4.82. The lowest BCUT2D eigenvalue weighted by Crippen LogP contribution is -2.28. The van der Waals surface area contributed by atoms with Gasteiger partial charge in [0.15, 0.2) is 0 Å². The molecule has 0 aliphatic heterocycles. The SMILES string of the molecule is c1ccc(COc2ccc(CNC3Cc4ccccc4C3)cc2)cc1. The Morgan fingerprint density at radius 3 is 2.04 bits per heavy atom. The molecular formula is C23H23NO. The van der Waals surface area contributed by atoms with E-state index in [4.69, 9.17) is 4.74 Å². The number of nitrogens with one attached hydrogen (secondary N) is 1. The molecule has 25 heavy (non-hydrogen) atoms. The van der Waals surface area contributed by atoms with E-state index in [9.17, 15) is 0 Å². The minimum Gasteiger partial charge on any atom is -0.489 e. The van der Waals surface area contributed by atoms with Crippen molar-refractivity contribution < 1.29 is 4.74 Å². The first kappa shape index (κ1) is 15.9. The Balaban J connectivity index is 1.27. The number of benzene rings is 3. The maximum absolute atomic E-state index is 5.85. The van der Waals surface area contributed by atoms with Crippen molar-refractivity contribution >= 4 is 0 Å². The van der Waals surface area contributed by atoms with Crippen molar-refractivity contribution in [3.63, 3.8) is 0 Å². The summed E-state index contributed by atoms with van der Waals surface area (Å²) in [6, 6.07) is 28.0. The summed E-state index contributed by atoms with van der Waals surface area (Å²) >= 11 is 0. The quantitative estimate of drug-likeness (QED) is 0.718. The highest BCUT2D eigenvalue weighted by Crippen LogP contribution is 2.22. The Labute approximate surface area is 149 Å². The highest BCUT2D eigenvalue weighted by atomic mass is 16.5. The summed E-state index contributed by atoms with van der Waals surface area (Å²) in [7, 11) is 0. The molecule has 1 N–H and O–H groups in total. The summed E-state index contributed by atoms with van der Waals surface area (Å²) in [6.07, 6.45) is 2.27. The number of rotatable bonds is 6. The second kappa shape index (κ2) is 7.54. The average Bonchev–Trinajstić information content (AvgIpc) is 3.09. The van der Waals surface area contributed by atoms with Crippen LogP contribution < -0.4 is 10.1 Å². The molecule has 0 bridgehead atoms. The van der Waals surface area contributed by atoms with Crippen LogP contribution >= 0.6 is 0 Å². The van der Waals surface area contributed by atoms with Crippen LogP contribution in [0.4, 0.5) is 0 Å². The lowest BCUT2D eigenvalue weighted by atomic mass is 10.1. The van der Waals surface area contributed by atoms with Crippen LogP contribution in [0.25, 0.3) is 0 Å². The fourth-order valence-electron chi connectivity index (χ4n) is 3.41. The van der Waals surface area contributed by atoms with E-state index in [0.29, 0.717) is 12.6 Å².